The number of aromatic nitrogens is 4. The molecule has 1 saturated heterocycles. The molecule has 1 atom stereocenters. The van der Waals surface area contributed by atoms with Gasteiger partial charge in [0.25, 0.3) is 0 Å². The van der Waals surface area contributed by atoms with Gasteiger partial charge in [-0.1, -0.05) is 0 Å². The molecule has 1 N–H and O–H groups in total. The lowest BCUT2D eigenvalue weighted by Gasteiger charge is -2.27. The second-order valence-electron chi connectivity index (χ2n) is 6.36. The molecule has 1 aliphatic heterocycles. The first-order valence-electron chi connectivity index (χ1n) is 8.87. The Morgan fingerprint density at radius 1 is 1.26 bits per heavy atom. The summed E-state index contributed by atoms with van der Waals surface area (Å²) >= 11 is 0. The number of morpholine rings is 1. The van der Waals surface area contributed by atoms with Gasteiger partial charge in [-0.25, -0.2) is 9.97 Å². The van der Waals surface area contributed by atoms with Crippen molar-refractivity contribution in [3.8, 4) is 17.1 Å². The van der Waals surface area contributed by atoms with Crippen molar-refractivity contribution in [3.05, 3.63) is 30.6 Å². The molecule has 0 aliphatic carbocycles. The van der Waals surface area contributed by atoms with Gasteiger partial charge in [-0.05, 0) is 19.1 Å². The zero-order chi connectivity index (χ0) is 18.6. The number of ether oxygens (including phenoxy) is 3. The lowest BCUT2D eigenvalue weighted by Crippen LogP contribution is -2.36. The summed E-state index contributed by atoms with van der Waals surface area (Å²) in [5.74, 6) is 1.47. The molecule has 8 nitrogen and oxygen atoms in total. The Kier molecular flexibility index (Phi) is 5.05. The van der Waals surface area contributed by atoms with E-state index >= 15 is 0 Å². The van der Waals surface area contributed by atoms with Crippen LogP contribution in [0.4, 0.5) is 5.82 Å². The zero-order valence-electron chi connectivity index (χ0n) is 15.4. The second-order valence-corrected chi connectivity index (χ2v) is 6.36. The Morgan fingerprint density at radius 3 is 2.93 bits per heavy atom. The molecule has 1 aliphatic rings. The lowest BCUT2D eigenvalue weighted by molar-refractivity contribution is 0.0922. The van der Waals surface area contributed by atoms with Gasteiger partial charge in [0.15, 0.2) is 5.75 Å². The molecule has 3 aromatic rings. The minimum absolute atomic E-state index is 0.0839. The smallest absolute Gasteiger partial charge is 0.171 e. The number of hydrogen-bond donors (Lipinski definition) is 1. The Bertz CT molecular complexity index is 907. The van der Waals surface area contributed by atoms with E-state index in [9.17, 15) is 0 Å². The maximum atomic E-state index is 5.83. The van der Waals surface area contributed by atoms with Gasteiger partial charge in [-0.2, -0.15) is 5.10 Å². The standard InChI is InChI=1S/C19H21N5O3/c1-13(11-25-2)27-14-3-4-16-15(9-14)19(23-22-16)17-10-18(21-12-20-17)24-5-7-26-8-6-24/h9-10,12-13H,5-8,11H2,1-2H3,(H,22,23)/t13-/m1/s1. The molecule has 0 radical (unpaired) electrons. The van der Waals surface area contributed by atoms with Crippen LogP contribution in [0.1, 0.15) is 6.92 Å². The number of nitrogens with one attached hydrogen (secondary N) is 1. The molecule has 0 unspecified atom stereocenters. The molecule has 27 heavy (non-hydrogen) atoms. The fourth-order valence-corrected chi connectivity index (χ4v) is 3.06. The van der Waals surface area contributed by atoms with Crippen molar-refractivity contribution in [3.63, 3.8) is 0 Å². The van der Waals surface area contributed by atoms with Gasteiger partial charge in [-0.3, -0.25) is 5.10 Å². The van der Waals surface area contributed by atoms with Gasteiger partial charge in [0.05, 0.1) is 25.5 Å². The van der Waals surface area contributed by atoms with Crippen LogP contribution in [0.5, 0.6) is 5.75 Å². The van der Waals surface area contributed by atoms with Crippen molar-refractivity contribution in [2.45, 2.75) is 13.0 Å². The maximum absolute atomic E-state index is 5.83. The Hall–Kier alpha value is -2.89. The fourth-order valence-electron chi connectivity index (χ4n) is 3.06. The van der Waals surface area contributed by atoms with Gasteiger partial charge >= 0.3 is 0 Å². The molecule has 8 heteroatoms. The first-order valence-corrected chi connectivity index (χ1v) is 8.87. The SMILES string of the molecule is COC[C@@H](C)Oc1c#cc2[nH]nc(-c3cc(N4CCOCC4)ncn3)c2c1. The number of H-pyrrole nitrogens is 1. The van der Waals surface area contributed by atoms with Crippen LogP contribution in [0, 0.1) is 12.1 Å². The number of methoxy groups -OCH3 is 1. The highest BCUT2D eigenvalue weighted by atomic mass is 16.5. The van der Waals surface area contributed by atoms with Crippen molar-refractivity contribution in [1.29, 1.82) is 0 Å². The van der Waals surface area contributed by atoms with Crippen LogP contribution in [-0.2, 0) is 9.47 Å². The molecule has 2 aromatic heterocycles. The number of anilines is 1. The molecule has 0 bridgehead atoms. The van der Waals surface area contributed by atoms with Gasteiger partial charge in [0.2, 0.25) is 0 Å². The minimum atomic E-state index is -0.0839. The summed E-state index contributed by atoms with van der Waals surface area (Å²) in [6.45, 7) is 5.48. The van der Waals surface area contributed by atoms with Crippen LogP contribution in [0.25, 0.3) is 22.3 Å². The molecule has 0 amide bonds. The van der Waals surface area contributed by atoms with E-state index in [1.165, 1.54) is 0 Å². The average Bonchev–Trinajstić information content (AvgIpc) is 3.12. The van der Waals surface area contributed by atoms with Crippen LogP contribution in [0.15, 0.2) is 18.5 Å². The molecule has 0 saturated carbocycles. The molecule has 3 heterocycles. The molecular weight excluding hydrogens is 346 g/mol. The van der Waals surface area contributed by atoms with Gasteiger partial charge in [0, 0.05) is 37.7 Å². The molecular formula is C19H21N5O3. The van der Waals surface area contributed by atoms with E-state index in [2.05, 4.69) is 37.2 Å². The van der Waals surface area contributed by atoms with E-state index < -0.39 is 0 Å². The molecule has 0 spiro atoms. The lowest BCUT2D eigenvalue weighted by atomic mass is 10.1. The molecule has 1 aromatic carbocycles. The fraction of sp³-hybridized carbons (Fsp3) is 0.421. The number of rotatable bonds is 6. The Labute approximate surface area is 157 Å². The van der Waals surface area contributed by atoms with E-state index in [-0.39, 0.29) is 6.10 Å². The van der Waals surface area contributed by atoms with Crippen LogP contribution >= 0.6 is 0 Å². The van der Waals surface area contributed by atoms with Crippen LogP contribution in [0.3, 0.4) is 0 Å². The van der Waals surface area contributed by atoms with Crippen molar-refractivity contribution < 1.29 is 14.2 Å². The van der Waals surface area contributed by atoms with Gasteiger partial charge in [0.1, 0.15) is 29.5 Å². The third-order valence-corrected chi connectivity index (χ3v) is 4.35. The van der Waals surface area contributed by atoms with Crippen molar-refractivity contribution in [1.82, 2.24) is 20.2 Å². The third-order valence-electron chi connectivity index (χ3n) is 4.35. The predicted molar refractivity (Wildman–Crippen MR) is 99.8 cm³/mol. The van der Waals surface area contributed by atoms with Gasteiger partial charge < -0.3 is 19.1 Å². The molecule has 4 rings (SSSR count). The predicted octanol–water partition coefficient (Wildman–Crippen LogP) is 1.87. The van der Waals surface area contributed by atoms with Crippen LogP contribution in [0.2, 0.25) is 0 Å². The van der Waals surface area contributed by atoms with Crippen LogP contribution in [-0.4, -0.2) is 66.3 Å². The second kappa shape index (κ2) is 7.78. The Morgan fingerprint density at radius 2 is 2.11 bits per heavy atom. The molecule has 140 valence electrons. The first-order chi connectivity index (χ1) is 13.2. The summed E-state index contributed by atoms with van der Waals surface area (Å²) in [5, 5.41) is 8.27. The highest BCUT2D eigenvalue weighted by Gasteiger charge is 2.16. The van der Waals surface area contributed by atoms with Crippen LogP contribution < -0.4 is 9.64 Å². The number of nitrogens with zero attached hydrogens (tertiary/aromatic N) is 4. The van der Waals surface area contributed by atoms with E-state index in [1.54, 1.807) is 13.4 Å². The number of hydrogen-bond acceptors (Lipinski definition) is 7. The van der Waals surface area contributed by atoms with E-state index in [0.29, 0.717) is 25.6 Å². The van der Waals surface area contributed by atoms with E-state index in [1.807, 2.05) is 19.1 Å². The quantitative estimate of drug-likeness (QED) is 0.712. The normalized spacial score (nSPS) is 15.6. The monoisotopic (exact) mass is 367 g/mol. The Balaban J connectivity index is 1.65. The van der Waals surface area contributed by atoms with Crippen molar-refractivity contribution in [2.24, 2.45) is 0 Å². The topological polar surface area (TPSA) is 85.4 Å². The average molecular weight is 367 g/mol. The van der Waals surface area contributed by atoms with E-state index in [0.717, 1.165) is 41.2 Å². The summed E-state index contributed by atoms with van der Waals surface area (Å²) in [5.41, 5.74) is 2.23. The van der Waals surface area contributed by atoms with Crippen molar-refractivity contribution >= 4 is 16.7 Å². The summed E-state index contributed by atoms with van der Waals surface area (Å²) in [6, 6.07) is 9.90. The van der Waals surface area contributed by atoms with E-state index in [4.69, 9.17) is 14.2 Å². The summed E-state index contributed by atoms with van der Waals surface area (Å²) in [7, 11) is 1.65. The largest absolute Gasteiger partial charge is 0.480 e. The first kappa shape index (κ1) is 17.5. The third kappa shape index (κ3) is 3.79. The van der Waals surface area contributed by atoms with Gasteiger partial charge in [-0.15, -0.1) is 0 Å². The number of aromatic amines is 1. The minimum Gasteiger partial charge on any atom is -0.480 e. The maximum Gasteiger partial charge on any atom is 0.171 e. The number of fused-ring (bicyclic) bond motifs is 1. The summed E-state index contributed by atoms with van der Waals surface area (Å²) < 4.78 is 16.4. The highest BCUT2D eigenvalue weighted by Crippen LogP contribution is 2.28. The van der Waals surface area contributed by atoms with Crippen molar-refractivity contribution in [2.75, 3.05) is 44.9 Å². The highest BCUT2D eigenvalue weighted by molar-refractivity contribution is 5.92. The summed E-state index contributed by atoms with van der Waals surface area (Å²) in [6.07, 6.45) is 1.48. The molecule has 1 fully saturated rings. The summed E-state index contributed by atoms with van der Waals surface area (Å²) in [4.78, 5) is 11.0. The zero-order valence-corrected chi connectivity index (χ0v) is 15.4.